The van der Waals surface area contributed by atoms with Crippen LogP contribution in [0.15, 0.2) is 29.3 Å². The van der Waals surface area contributed by atoms with Crippen LogP contribution in [0.3, 0.4) is 0 Å². The van der Waals surface area contributed by atoms with Crippen LogP contribution in [0.1, 0.15) is 35.2 Å². The van der Waals surface area contributed by atoms with Gasteiger partial charge in [0.25, 0.3) is 5.91 Å². The SMILES string of the molecule is O=C(NC1=NCCS1)c1nc(C2CC2)n(-c2ccccc2Cl)n1. The predicted molar refractivity (Wildman–Crippen MR) is 90.6 cm³/mol. The van der Waals surface area contributed by atoms with Gasteiger partial charge >= 0.3 is 0 Å². The van der Waals surface area contributed by atoms with Crippen molar-refractivity contribution in [1.82, 2.24) is 20.1 Å². The van der Waals surface area contributed by atoms with Gasteiger partial charge in [-0.2, -0.15) is 0 Å². The van der Waals surface area contributed by atoms with Gasteiger partial charge in [-0.15, -0.1) is 5.10 Å². The van der Waals surface area contributed by atoms with Crippen LogP contribution in [0.5, 0.6) is 0 Å². The maximum atomic E-state index is 12.3. The molecule has 1 fully saturated rings. The van der Waals surface area contributed by atoms with Gasteiger partial charge in [0.1, 0.15) is 5.82 Å². The van der Waals surface area contributed by atoms with Crippen LogP contribution in [-0.4, -0.2) is 38.1 Å². The van der Waals surface area contributed by atoms with Crippen LogP contribution in [0, 0.1) is 0 Å². The lowest BCUT2D eigenvalue weighted by atomic mass is 10.3. The number of thioether (sulfide) groups is 1. The van der Waals surface area contributed by atoms with Crippen molar-refractivity contribution in [3.8, 4) is 5.69 Å². The van der Waals surface area contributed by atoms with Crippen LogP contribution in [0.2, 0.25) is 5.02 Å². The molecule has 0 atom stereocenters. The smallest absolute Gasteiger partial charge is 0.296 e. The predicted octanol–water partition coefficient (Wildman–Crippen LogP) is 2.63. The van der Waals surface area contributed by atoms with Gasteiger partial charge in [0.2, 0.25) is 5.82 Å². The third kappa shape index (κ3) is 2.98. The van der Waals surface area contributed by atoms with Crippen molar-refractivity contribution in [2.45, 2.75) is 18.8 Å². The maximum Gasteiger partial charge on any atom is 0.296 e. The molecule has 1 aromatic heterocycles. The fraction of sp³-hybridized carbons (Fsp3) is 0.333. The number of carbonyl (C=O) groups is 1. The van der Waals surface area contributed by atoms with Gasteiger partial charge in [0.15, 0.2) is 5.17 Å². The summed E-state index contributed by atoms with van der Waals surface area (Å²) >= 11 is 7.80. The van der Waals surface area contributed by atoms with Gasteiger partial charge in [-0.25, -0.2) is 9.67 Å². The first-order valence-electron chi connectivity index (χ1n) is 7.43. The molecule has 1 N–H and O–H groups in total. The van der Waals surface area contributed by atoms with E-state index in [2.05, 4.69) is 20.4 Å². The van der Waals surface area contributed by atoms with Gasteiger partial charge in [-0.05, 0) is 25.0 Å². The molecule has 1 aliphatic carbocycles. The third-order valence-corrected chi connectivity index (χ3v) is 4.88. The van der Waals surface area contributed by atoms with Crippen molar-refractivity contribution in [2.75, 3.05) is 12.3 Å². The fourth-order valence-corrected chi connectivity index (χ4v) is 3.33. The van der Waals surface area contributed by atoms with Gasteiger partial charge in [0, 0.05) is 11.7 Å². The minimum absolute atomic E-state index is 0.155. The average molecular weight is 348 g/mol. The molecule has 1 aromatic carbocycles. The summed E-state index contributed by atoms with van der Waals surface area (Å²) in [5.41, 5.74) is 0.746. The van der Waals surface area contributed by atoms with Crippen molar-refractivity contribution in [2.24, 2.45) is 4.99 Å². The lowest BCUT2D eigenvalue weighted by molar-refractivity contribution is 0.0968. The Bertz CT molecular complexity index is 799. The van der Waals surface area contributed by atoms with Gasteiger partial charge in [-0.1, -0.05) is 35.5 Å². The Balaban J connectivity index is 1.68. The summed E-state index contributed by atoms with van der Waals surface area (Å²) in [6, 6.07) is 7.44. The maximum absolute atomic E-state index is 12.3. The molecule has 2 aromatic rings. The Morgan fingerprint density at radius 3 is 2.87 bits per heavy atom. The number of amides is 1. The van der Waals surface area contributed by atoms with E-state index in [0.29, 0.717) is 16.1 Å². The molecule has 0 radical (unpaired) electrons. The fourth-order valence-electron chi connectivity index (χ4n) is 2.39. The minimum Gasteiger partial charge on any atom is -0.299 e. The number of aromatic nitrogens is 3. The largest absolute Gasteiger partial charge is 0.299 e. The van der Waals surface area contributed by atoms with Crippen molar-refractivity contribution in [3.05, 3.63) is 40.9 Å². The number of nitrogens with zero attached hydrogens (tertiary/aromatic N) is 4. The summed E-state index contributed by atoms with van der Waals surface area (Å²) in [7, 11) is 0. The Kier molecular flexibility index (Phi) is 3.82. The van der Waals surface area contributed by atoms with E-state index in [0.717, 1.165) is 36.7 Å². The number of benzene rings is 1. The minimum atomic E-state index is -0.328. The standard InChI is InChI=1S/C15H14ClN5OS/c16-10-3-1-2-4-11(10)21-13(9-5-6-9)18-12(20-21)14(22)19-15-17-7-8-23-15/h1-4,9H,5-8H2,(H,17,19,22). The van der Waals surface area contributed by atoms with Crippen LogP contribution < -0.4 is 5.32 Å². The van der Waals surface area contributed by atoms with E-state index >= 15 is 0 Å². The summed E-state index contributed by atoms with van der Waals surface area (Å²) in [4.78, 5) is 21.0. The monoisotopic (exact) mass is 347 g/mol. The van der Waals surface area contributed by atoms with E-state index in [1.54, 1.807) is 10.7 Å². The highest BCUT2D eigenvalue weighted by atomic mass is 35.5. The summed E-state index contributed by atoms with van der Waals surface area (Å²) < 4.78 is 1.69. The number of halogens is 1. The second kappa shape index (κ2) is 5.98. The first-order valence-corrected chi connectivity index (χ1v) is 8.79. The van der Waals surface area contributed by atoms with Crippen molar-refractivity contribution < 1.29 is 4.79 Å². The molecule has 0 saturated heterocycles. The highest BCUT2D eigenvalue weighted by molar-refractivity contribution is 8.14. The van der Waals surface area contributed by atoms with Crippen LogP contribution in [-0.2, 0) is 0 Å². The zero-order chi connectivity index (χ0) is 15.8. The Hall–Kier alpha value is -1.86. The first-order chi connectivity index (χ1) is 11.2. The number of para-hydroxylation sites is 1. The van der Waals surface area contributed by atoms with Crippen molar-refractivity contribution >= 4 is 34.4 Å². The van der Waals surface area contributed by atoms with Gasteiger partial charge in [0.05, 0.1) is 17.3 Å². The van der Waals surface area contributed by atoms with Crippen LogP contribution >= 0.6 is 23.4 Å². The van der Waals surface area contributed by atoms with E-state index in [-0.39, 0.29) is 11.7 Å². The van der Waals surface area contributed by atoms with Gasteiger partial charge < -0.3 is 0 Å². The highest BCUT2D eigenvalue weighted by Gasteiger charge is 2.32. The van der Waals surface area contributed by atoms with E-state index in [1.165, 1.54) is 11.8 Å². The number of amidine groups is 1. The quantitative estimate of drug-likeness (QED) is 0.926. The number of carbonyl (C=O) groups excluding carboxylic acids is 1. The molecule has 1 saturated carbocycles. The van der Waals surface area contributed by atoms with Crippen molar-refractivity contribution in [3.63, 3.8) is 0 Å². The summed E-state index contributed by atoms with van der Waals surface area (Å²) in [6.45, 7) is 0.731. The molecular formula is C15H14ClN5OS. The first kappa shape index (κ1) is 14.7. The van der Waals surface area contributed by atoms with Crippen LogP contribution in [0.4, 0.5) is 0 Å². The van der Waals surface area contributed by atoms with Crippen molar-refractivity contribution in [1.29, 1.82) is 0 Å². The Morgan fingerprint density at radius 1 is 1.35 bits per heavy atom. The molecule has 23 heavy (non-hydrogen) atoms. The summed E-state index contributed by atoms with van der Waals surface area (Å²) in [5, 5.41) is 8.37. The second-order valence-electron chi connectivity index (χ2n) is 5.42. The molecule has 0 spiro atoms. The average Bonchev–Trinajstić information content (AvgIpc) is 3.09. The van der Waals surface area contributed by atoms with E-state index in [4.69, 9.17) is 11.6 Å². The summed E-state index contributed by atoms with van der Waals surface area (Å²) in [6.07, 6.45) is 2.12. The molecule has 1 aliphatic heterocycles. The number of nitrogens with one attached hydrogen (secondary N) is 1. The molecule has 0 bridgehead atoms. The molecule has 2 heterocycles. The molecule has 6 nitrogen and oxygen atoms in total. The molecular weight excluding hydrogens is 334 g/mol. The lowest BCUT2D eigenvalue weighted by Crippen LogP contribution is -2.28. The Labute approximate surface area is 142 Å². The number of aliphatic imine (C=N–C) groups is 1. The number of hydrogen-bond donors (Lipinski definition) is 1. The normalized spacial score (nSPS) is 17.2. The lowest BCUT2D eigenvalue weighted by Gasteiger charge is -2.06. The number of hydrogen-bond acceptors (Lipinski definition) is 5. The molecule has 118 valence electrons. The van der Waals surface area contributed by atoms with E-state index in [1.807, 2.05) is 18.2 Å². The molecule has 0 unspecified atom stereocenters. The van der Waals surface area contributed by atoms with E-state index < -0.39 is 0 Å². The van der Waals surface area contributed by atoms with Gasteiger partial charge in [-0.3, -0.25) is 15.1 Å². The molecule has 2 aliphatic rings. The van der Waals surface area contributed by atoms with Crippen LogP contribution in [0.25, 0.3) is 5.69 Å². The number of rotatable bonds is 3. The highest BCUT2D eigenvalue weighted by Crippen LogP contribution is 2.40. The topological polar surface area (TPSA) is 72.2 Å². The second-order valence-corrected chi connectivity index (χ2v) is 6.91. The molecule has 8 heteroatoms. The zero-order valence-corrected chi connectivity index (χ0v) is 13.8. The molecule has 4 rings (SSSR count). The third-order valence-electron chi connectivity index (χ3n) is 3.66. The zero-order valence-electron chi connectivity index (χ0n) is 12.2. The van der Waals surface area contributed by atoms with E-state index in [9.17, 15) is 4.79 Å². The Morgan fingerprint density at radius 2 is 2.17 bits per heavy atom. The molecule has 1 amide bonds. The summed E-state index contributed by atoms with van der Waals surface area (Å²) in [5.74, 6) is 1.86.